The van der Waals surface area contributed by atoms with Crippen molar-refractivity contribution in [2.75, 3.05) is 19.6 Å². The van der Waals surface area contributed by atoms with Gasteiger partial charge in [-0.05, 0) is 18.0 Å². The molecule has 0 saturated carbocycles. The lowest BCUT2D eigenvalue weighted by atomic mass is 10.4. The smallest absolute Gasteiger partial charge is 0.246 e. The van der Waals surface area contributed by atoms with Gasteiger partial charge < -0.3 is 5.32 Å². The van der Waals surface area contributed by atoms with Gasteiger partial charge in [-0.3, -0.25) is 4.79 Å². The third-order valence-electron chi connectivity index (χ3n) is 2.46. The summed E-state index contributed by atoms with van der Waals surface area (Å²) in [7, 11) is -3.75. The van der Waals surface area contributed by atoms with Gasteiger partial charge in [0, 0.05) is 13.1 Å². The van der Waals surface area contributed by atoms with Gasteiger partial charge >= 0.3 is 0 Å². The van der Waals surface area contributed by atoms with E-state index < -0.39 is 10.0 Å². The number of nitrogens with one attached hydrogen (secondary N) is 1. The van der Waals surface area contributed by atoms with Crippen LogP contribution in [0.25, 0.3) is 0 Å². The Balaban J connectivity index is 2.29. The molecule has 0 aliphatic carbocycles. The van der Waals surface area contributed by atoms with Crippen molar-refractivity contribution in [2.45, 2.75) is 11.3 Å². The van der Waals surface area contributed by atoms with Crippen LogP contribution in [0.3, 0.4) is 0 Å². The molecule has 2 heterocycles. The number of hydrogen-bond donors (Lipinski definition) is 1. The first kappa shape index (κ1) is 13.2. The van der Waals surface area contributed by atoms with Gasteiger partial charge in [-0.15, -0.1) is 0 Å². The molecule has 9 heteroatoms. The standard InChI is InChI=1S/C9H11ClN4O3S/c10-9-12-4-7(5-13-9)18(16,17)14-3-1-2-11-8(15)6-14/h4-5H,1-3,6H2,(H,11,15). The molecule has 1 amide bonds. The highest BCUT2D eigenvalue weighted by Gasteiger charge is 2.28. The van der Waals surface area contributed by atoms with Gasteiger partial charge in [0.25, 0.3) is 0 Å². The highest BCUT2D eigenvalue weighted by Crippen LogP contribution is 2.15. The largest absolute Gasteiger partial charge is 0.355 e. The van der Waals surface area contributed by atoms with E-state index in [0.717, 1.165) is 16.7 Å². The van der Waals surface area contributed by atoms with Crippen LogP contribution in [0.15, 0.2) is 17.3 Å². The molecule has 0 radical (unpaired) electrons. The van der Waals surface area contributed by atoms with Gasteiger partial charge in [0.2, 0.25) is 21.2 Å². The molecular formula is C9H11ClN4O3S. The average Bonchev–Trinajstić information content (AvgIpc) is 2.55. The summed E-state index contributed by atoms with van der Waals surface area (Å²) in [5.41, 5.74) is 0. The van der Waals surface area contributed by atoms with Crippen LogP contribution >= 0.6 is 11.6 Å². The Kier molecular flexibility index (Phi) is 3.79. The van der Waals surface area contributed by atoms with E-state index in [1.807, 2.05) is 0 Å². The number of amides is 1. The highest BCUT2D eigenvalue weighted by molar-refractivity contribution is 7.89. The average molecular weight is 291 g/mol. The summed E-state index contributed by atoms with van der Waals surface area (Å²) in [6.07, 6.45) is 2.83. The van der Waals surface area contributed by atoms with Crippen molar-refractivity contribution < 1.29 is 13.2 Å². The van der Waals surface area contributed by atoms with Gasteiger partial charge in [0.1, 0.15) is 4.90 Å². The second kappa shape index (κ2) is 5.17. The molecular weight excluding hydrogens is 280 g/mol. The van der Waals surface area contributed by atoms with Crippen molar-refractivity contribution in [3.05, 3.63) is 17.7 Å². The zero-order chi connectivity index (χ0) is 13.2. The highest BCUT2D eigenvalue weighted by atomic mass is 35.5. The molecule has 1 aliphatic rings. The Morgan fingerprint density at radius 2 is 2.00 bits per heavy atom. The fourth-order valence-electron chi connectivity index (χ4n) is 1.57. The molecule has 1 aromatic rings. The molecule has 18 heavy (non-hydrogen) atoms. The molecule has 0 bridgehead atoms. The summed E-state index contributed by atoms with van der Waals surface area (Å²) < 4.78 is 25.6. The molecule has 1 aliphatic heterocycles. The zero-order valence-corrected chi connectivity index (χ0v) is 10.9. The first-order chi connectivity index (χ1) is 8.50. The van der Waals surface area contributed by atoms with Crippen LogP contribution in [0.1, 0.15) is 6.42 Å². The van der Waals surface area contributed by atoms with Gasteiger partial charge in [0.05, 0.1) is 18.9 Å². The number of halogens is 1. The number of nitrogens with zero attached hydrogens (tertiary/aromatic N) is 3. The number of sulfonamides is 1. The lowest BCUT2D eigenvalue weighted by molar-refractivity contribution is -0.120. The van der Waals surface area contributed by atoms with Crippen molar-refractivity contribution in [2.24, 2.45) is 0 Å². The fourth-order valence-corrected chi connectivity index (χ4v) is 2.99. The molecule has 1 fully saturated rings. The predicted molar refractivity (Wildman–Crippen MR) is 63.4 cm³/mol. The van der Waals surface area contributed by atoms with Crippen molar-refractivity contribution in [3.8, 4) is 0 Å². The third kappa shape index (κ3) is 2.77. The summed E-state index contributed by atoms with van der Waals surface area (Å²) in [5.74, 6) is -0.314. The van der Waals surface area contributed by atoms with E-state index in [1.54, 1.807) is 0 Å². The number of carbonyl (C=O) groups is 1. The topological polar surface area (TPSA) is 92.3 Å². The van der Waals surface area contributed by atoms with Crippen LogP contribution in [0, 0.1) is 0 Å². The Labute approximate surface area is 109 Å². The molecule has 1 saturated heterocycles. The first-order valence-electron chi connectivity index (χ1n) is 5.24. The number of rotatable bonds is 2. The maximum atomic E-state index is 12.2. The molecule has 1 N–H and O–H groups in total. The second-order valence-corrected chi connectivity index (χ2v) is 6.01. The summed E-state index contributed by atoms with van der Waals surface area (Å²) in [4.78, 5) is 18.5. The molecule has 98 valence electrons. The Hall–Kier alpha value is -1.25. The van der Waals surface area contributed by atoms with E-state index in [4.69, 9.17) is 11.6 Å². The molecule has 1 aromatic heterocycles. The van der Waals surface area contributed by atoms with E-state index in [-0.39, 0.29) is 29.2 Å². The van der Waals surface area contributed by atoms with Crippen LogP contribution in [0.5, 0.6) is 0 Å². The minimum Gasteiger partial charge on any atom is -0.355 e. The van der Waals surface area contributed by atoms with E-state index in [1.165, 1.54) is 0 Å². The summed E-state index contributed by atoms with van der Waals surface area (Å²) in [5, 5.41) is 2.58. The second-order valence-electron chi connectivity index (χ2n) is 3.73. The zero-order valence-electron chi connectivity index (χ0n) is 9.34. The van der Waals surface area contributed by atoms with Crippen LogP contribution in [-0.2, 0) is 14.8 Å². The minimum atomic E-state index is -3.75. The monoisotopic (exact) mass is 290 g/mol. The SMILES string of the molecule is O=C1CN(S(=O)(=O)c2cnc(Cl)nc2)CCCN1. The van der Waals surface area contributed by atoms with E-state index >= 15 is 0 Å². The van der Waals surface area contributed by atoms with Crippen molar-refractivity contribution in [3.63, 3.8) is 0 Å². The molecule has 0 unspecified atom stereocenters. The van der Waals surface area contributed by atoms with Gasteiger partial charge in [0.15, 0.2) is 0 Å². The van der Waals surface area contributed by atoms with Gasteiger partial charge in [-0.2, -0.15) is 4.31 Å². The molecule has 7 nitrogen and oxygen atoms in total. The van der Waals surface area contributed by atoms with Crippen LogP contribution < -0.4 is 5.32 Å². The maximum absolute atomic E-state index is 12.2. The summed E-state index contributed by atoms with van der Waals surface area (Å²) in [6.45, 7) is 0.566. The predicted octanol–water partition coefficient (Wildman–Crippen LogP) is -0.359. The molecule has 0 spiro atoms. The molecule has 2 rings (SSSR count). The number of hydrogen-bond acceptors (Lipinski definition) is 5. The Morgan fingerprint density at radius 1 is 1.33 bits per heavy atom. The van der Waals surface area contributed by atoms with Crippen LogP contribution in [0.2, 0.25) is 5.28 Å². The third-order valence-corrected chi connectivity index (χ3v) is 4.45. The lowest BCUT2D eigenvalue weighted by Crippen LogP contribution is -2.37. The summed E-state index contributed by atoms with van der Waals surface area (Å²) in [6, 6.07) is 0. The Morgan fingerprint density at radius 3 is 2.67 bits per heavy atom. The van der Waals surface area contributed by atoms with Crippen LogP contribution in [-0.4, -0.2) is 48.2 Å². The lowest BCUT2D eigenvalue weighted by Gasteiger charge is -2.18. The Bertz CT molecular complexity index is 545. The van der Waals surface area contributed by atoms with Crippen molar-refractivity contribution >= 4 is 27.5 Å². The maximum Gasteiger partial charge on any atom is 0.246 e. The van der Waals surface area contributed by atoms with Crippen molar-refractivity contribution in [1.29, 1.82) is 0 Å². The van der Waals surface area contributed by atoms with Crippen molar-refractivity contribution in [1.82, 2.24) is 19.6 Å². The van der Waals surface area contributed by atoms with Crippen LogP contribution in [0.4, 0.5) is 0 Å². The van der Waals surface area contributed by atoms with E-state index in [0.29, 0.717) is 13.0 Å². The van der Waals surface area contributed by atoms with E-state index in [9.17, 15) is 13.2 Å². The van der Waals surface area contributed by atoms with Gasteiger partial charge in [-0.25, -0.2) is 18.4 Å². The summed E-state index contributed by atoms with van der Waals surface area (Å²) >= 11 is 5.50. The fraction of sp³-hybridized carbons (Fsp3) is 0.444. The quantitative estimate of drug-likeness (QED) is 0.751. The minimum absolute atomic E-state index is 0.0254. The number of aromatic nitrogens is 2. The van der Waals surface area contributed by atoms with Gasteiger partial charge in [-0.1, -0.05) is 0 Å². The van der Waals surface area contributed by atoms with E-state index in [2.05, 4.69) is 15.3 Å². The number of carbonyl (C=O) groups excluding carboxylic acids is 1. The molecule has 0 atom stereocenters. The first-order valence-corrected chi connectivity index (χ1v) is 7.06. The molecule has 0 aromatic carbocycles. The normalized spacial score (nSPS) is 18.2.